The summed E-state index contributed by atoms with van der Waals surface area (Å²) < 4.78 is 18.6. The summed E-state index contributed by atoms with van der Waals surface area (Å²) in [6, 6.07) is 6.45. The molecule has 1 aromatic carbocycles. The van der Waals surface area contributed by atoms with Gasteiger partial charge in [0.05, 0.1) is 19.3 Å². The van der Waals surface area contributed by atoms with E-state index in [1.807, 2.05) is 4.90 Å². The van der Waals surface area contributed by atoms with Crippen LogP contribution in [0.5, 0.6) is 0 Å². The molecule has 1 aliphatic carbocycles. The fraction of sp³-hybridized carbons (Fsp3) is 0.588. The maximum absolute atomic E-state index is 13.1. The number of rotatable bonds is 2. The van der Waals surface area contributed by atoms with Crippen LogP contribution in [0.15, 0.2) is 24.3 Å². The monoisotopic (exact) mass is 306 g/mol. The van der Waals surface area contributed by atoms with Gasteiger partial charge in [0.25, 0.3) is 0 Å². The highest BCUT2D eigenvalue weighted by atomic mass is 19.1. The maximum Gasteiger partial charge on any atom is 0.318 e. The van der Waals surface area contributed by atoms with Crippen molar-refractivity contribution in [2.45, 2.75) is 44.2 Å². The number of carbonyl (C=O) groups is 1. The van der Waals surface area contributed by atoms with Gasteiger partial charge in [0, 0.05) is 12.6 Å². The van der Waals surface area contributed by atoms with Crippen LogP contribution < -0.4 is 5.32 Å². The molecule has 22 heavy (non-hydrogen) atoms. The van der Waals surface area contributed by atoms with Gasteiger partial charge in [0.15, 0.2) is 0 Å². The number of nitrogens with zero attached hydrogens (tertiary/aromatic N) is 1. The first-order valence-electron chi connectivity index (χ1n) is 8.14. The van der Waals surface area contributed by atoms with E-state index in [0.717, 1.165) is 18.4 Å². The van der Waals surface area contributed by atoms with E-state index >= 15 is 0 Å². The van der Waals surface area contributed by atoms with Gasteiger partial charge in [-0.25, -0.2) is 9.18 Å². The minimum Gasteiger partial charge on any atom is -0.377 e. The molecule has 1 heterocycles. The molecule has 0 aromatic heterocycles. The van der Waals surface area contributed by atoms with E-state index in [-0.39, 0.29) is 23.9 Å². The third-order valence-corrected chi connectivity index (χ3v) is 4.58. The first-order valence-corrected chi connectivity index (χ1v) is 8.14. The van der Waals surface area contributed by atoms with Gasteiger partial charge < -0.3 is 15.0 Å². The number of carbonyl (C=O) groups excluding carboxylic acids is 1. The van der Waals surface area contributed by atoms with Crippen LogP contribution in [-0.4, -0.2) is 36.7 Å². The molecule has 0 spiro atoms. The Morgan fingerprint density at radius 2 is 1.91 bits per heavy atom. The Kier molecular flexibility index (Phi) is 4.93. The quantitative estimate of drug-likeness (QED) is 0.911. The van der Waals surface area contributed by atoms with Crippen molar-refractivity contribution < 1.29 is 13.9 Å². The highest BCUT2D eigenvalue weighted by Gasteiger charge is 2.30. The van der Waals surface area contributed by atoms with Gasteiger partial charge in [-0.3, -0.25) is 0 Å². The summed E-state index contributed by atoms with van der Waals surface area (Å²) in [4.78, 5) is 14.4. The van der Waals surface area contributed by atoms with Crippen LogP contribution in [0.2, 0.25) is 0 Å². The number of ether oxygens (including phenoxy) is 1. The Morgan fingerprint density at radius 3 is 2.64 bits per heavy atom. The second-order valence-corrected chi connectivity index (χ2v) is 6.12. The van der Waals surface area contributed by atoms with Crippen molar-refractivity contribution in [3.63, 3.8) is 0 Å². The number of nitrogens with one attached hydrogen (secondary N) is 1. The minimum atomic E-state index is -0.265. The van der Waals surface area contributed by atoms with Crippen LogP contribution in [0.1, 0.15) is 43.7 Å². The largest absolute Gasteiger partial charge is 0.377 e. The van der Waals surface area contributed by atoms with Gasteiger partial charge in [-0.05, 0) is 30.5 Å². The van der Waals surface area contributed by atoms with Gasteiger partial charge in [-0.15, -0.1) is 0 Å². The standard InChI is InChI=1S/C17H23FN2O2/c18-14-8-6-13(7-9-14)16-12-22-11-10-20(16)17(21)19-15-4-2-1-3-5-15/h6-9,15-16H,1-5,10-12H2,(H,19,21). The molecule has 3 rings (SSSR count). The average Bonchev–Trinajstić information content (AvgIpc) is 2.56. The molecule has 0 bridgehead atoms. The number of morpholine rings is 1. The Bertz CT molecular complexity index is 500. The summed E-state index contributed by atoms with van der Waals surface area (Å²) in [6.07, 6.45) is 5.78. The normalized spacial score (nSPS) is 23.3. The summed E-state index contributed by atoms with van der Waals surface area (Å²) in [6.45, 7) is 1.58. The van der Waals surface area contributed by atoms with Gasteiger partial charge in [0.2, 0.25) is 0 Å². The second kappa shape index (κ2) is 7.09. The van der Waals surface area contributed by atoms with Gasteiger partial charge in [0.1, 0.15) is 5.82 Å². The molecular formula is C17H23FN2O2. The number of hydrogen-bond acceptors (Lipinski definition) is 2. The average molecular weight is 306 g/mol. The number of urea groups is 1. The smallest absolute Gasteiger partial charge is 0.318 e. The van der Waals surface area contributed by atoms with Crippen molar-refractivity contribution >= 4 is 6.03 Å². The van der Waals surface area contributed by atoms with Crippen molar-refractivity contribution in [2.75, 3.05) is 19.8 Å². The Hall–Kier alpha value is -1.62. The Morgan fingerprint density at radius 1 is 1.18 bits per heavy atom. The minimum absolute atomic E-state index is 0.0236. The van der Waals surface area contributed by atoms with Crippen LogP contribution >= 0.6 is 0 Å². The third-order valence-electron chi connectivity index (χ3n) is 4.58. The molecule has 2 amide bonds. The molecule has 2 aliphatic rings. The summed E-state index contributed by atoms with van der Waals surface area (Å²) >= 11 is 0. The molecular weight excluding hydrogens is 283 g/mol. The molecule has 120 valence electrons. The first-order chi connectivity index (χ1) is 10.7. The van der Waals surface area contributed by atoms with Gasteiger partial charge in [-0.1, -0.05) is 31.4 Å². The molecule has 1 aromatic rings. The van der Waals surface area contributed by atoms with Crippen molar-refractivity contribution in [2.24, 2.45) is 0 Å². The summed E-state index contributed by atoms with van der Waals surface area (Å²) in [5, 5.41) is 3.16. The van der Waals surface area contributed by atoms with Crippen LogP contribution in [0.3, 0.4) is 0 Å². The lowest BCUT2D eigenvalue weighted by molar-refractivity contribution is 0.0107. The molecule has 1 saturated carbocycles. The Labute approximate surface area is 130 Å². The van der Waals surface area contributed by atoms with Crippen LogP contribution in [0.25, 0.3) is 0 Å². The lowest BCUT2D eigenvalue weighted by Crippen LogP contribution is -2.51. The summed E-state index contributed by atoms with van der Waals surface area (Å²) in [7, 11) is 0. The first kappa shape index (κ1) is 15.3. The van der Waals surface area contributed by atoms with Crippen LogP contribution in [0.4, 0.5) is 9.18 Å². The number of halogens is 1. The van der Waals surface area contributed by atoms with E-state index in [0.29, 0.717) is 19.8 Å². The fourth-order valence-electron chi connectivity index (χ4n) is 3.31. The zero-order valence-corrected chi connectivity index (χ0v) is 12.8. The highest BCUT2D eigenvalue weighted by molar-refractivity contribution is 5.75. The predicted octanol–water partition coefficient (Wildman–Crippen LogP) is 3.24. The van der Waals surface area contributed by atoms with E-state index < -0.39 is 0 Å². The fourth-order valence-corrected chi connectivity index (χ4v) is 3.31. The van der Waals surface area contributed by atoms with E-state index in [2.05, 4.69) is 5.32 Å². The molecule has 0 radical (unpaired) electrons. The van der Waals surface area contributed by atoms with Crippen LogP contribution in [-0.2, 0) is 4.74 Å². The van der Waals surface area contributed by atoms with E-state index in [1.165, 1.54) is 31.4 Å². The molecule has 1 saturated heterocycles. The molecule has 1 N–H and O–H groups in total. The highest BCUT2D eigenvalue weighted by Crippen LogP contribution is 2.25. The van der Waals surface area contributed by atoms with Crippen molar-refractivity contribution in [3.8, 4) is 0 Å². The Balaban J connectivity index is 1.68. The maximum atomic E-state index is 13.1. The molecule has 2 fully saturated rings. The van der Waals surface area contributed by atoms with E-state index in [1.54, 1.807) is 12.1 Å². The summed E-state index contributed by atoms with van der Waals surface area (Å²) in [5.41, 5.74) is 0.917. The van der Waals surface area contributed by atoms with Crippen molar-refractivity contribution in [3.05, 3.63) is 35.6 Å². The lowest BCUT2D eigenvalue weighted by Gasteiger charge is -2.37. The molecule has 1 unspecified atom stereocenters. The van der Waals surface area contributed by atoms with Crippen molar-refractivity contribution in [1.29, 1.82) is 0 Å². The third kappa shape index (κ3) is 3.58. The lowest BCUT2D eigenvalue weighted by atomic mass is 9.95. The summed E-state index contributed by atoms with van der Waals surface area (Å²) in [5.74, 6) is -0.265. The van der Waals surface area contributed by atoms with E-state index in [4.69, 9.17) is 4.74 Å². The van der Waals surface area contributed by atoms with E-state index in [9.17, 15) is 9.18 Å². The number of hydrogen-bond donors (Lipinski definition) is 1. The van der Waals surface area contributed by atoms with Gasteiger partial charge in [-0.2, -0.15) is 0 Å². The molecule has 5 heteroatoms. The number of amides is 2. The van der Waals surface area contributed by atoms with Gasteiger partial charge >= 0.3 is 6.03 Å². The second-order valence-electron chi connectivity index (χ2n) is 6.12. The number of benzene rings is 1. The van der Waals surface area contributed by atoms with Crippen molar-refractivity contribution in [1.82, 2.24) is 10.2 Å². The zero-order chi connectivity index (χ0) is 15.4. The van der Waals surface area contributed by atoms with Crippen LogP contribution in [0, 0.1) is 5.82 Å². The molecule has 1 aliphatic heterocycles. The SMILES string of the molecule is O=C(NC1CCCCC1)N1CCOCC1c1ccc(F)cc1. The molecule has 1 atom stereocenters. The molecule has 4 nitrogen and oxygen atoms in total. The predicted molar refractivity (Wildman–Crippen MR) is 82.1 cm³/mol. The zero-order valence-electron chi connectivity index (χ0n) is 12.8. The topological polar surface area (TPSA) is 41.6 Å².